The third-order valence-electron chi connectivity index (χ3n) is 1.39. The molecule has 0 saturated carbocycles. The van der Waals surface area contributed by atoms with Crippen LogP contribution in [0.4, 0.5) is 4.79 Å². The van der Waals surface area contributed by atoms with Crippen LogP contribution < -0.4 is 0 Å². The highest BCUT2D eigenvalue weighted by Crippen LogP contribution is 2.00. The molecule has 0 heterocycles. The summed E-state index contributed by atoms with van der Waals surface area (Å²) in [5.41, 5.74) is 0. The van der Waals surface area contributed by atoms with Crippen molar-refractivity contribution in [3.05, 3.63) is 0 Å². The maximum atomic E-state index is 10.8. The molecule has 0 aliphatic heterocycles. The summed E-state index contributed by atoms with van der Waals surface area (Å²) in [5.74, 6) is -0.340. The topological polar surface area (TPSA) is 61.8 Å². The van der Waals surface area contributed by atoms with Crippen LogP contribution in [0.2, 0.25) is 0 Å². The summed E-state index contributed by atoms with van der Waals surface area (Å²) in [4.78, 5) is 21.2. The van der Waals surface area contributed by atoms with E-state index in [9.17, 15) is 9.59 Å². The fraction of sp³-hybridized carbons (Fsp3) is 0.778. The molecular weight excluding hydrogens is 188 g/mol. The molecule has 1 unspecified atom stereocenters. The number of hydrogen-bond donors (Lipinski definition) is 0. The van der Waals surface area contributed by atoms with E-state index in [1.54, 1.807) is 13.8 Å². The summed E-state index contributed by atoms with van der Waals surface area (Å²) >= 11 is 0. The fourth-order valence-corrected chi connectivity index (χ4v) is 0.744. The first kappa shape index (κ1) is 12.7. The number of carbonyl (C=O) groups excluding carboxylic acids is 2. The van der Waals surface area contributed by atoms with Crippen LogP contribution in [0.15, 0.2) is 0 Å². The molecule has 0 aromatic rings. The molecule has 14 heavy (non-hydrogen) atoms. The van der Waals surface area contributed by atoms with Crippen molar-refractivity contribution in [2.45, 2.75) is 33.3 Å². The van der Waals surface area contributed by atoms with Crippen molar-refractivity contribution < 1.29 is 23.8 Å². The van der Waals surface area contributed by atoms with Crippen LogP contribution in [0.25, 0.3) is 0 Å². The third-order valence-corrected chi connectivity index (χ3v) is 1.39. The van der Waals surface area contributed by atoms with Crippen molar-refractivity contribution >= 4 is 12.1 Å². The third kappa shape index (κ3) is 7.39. The summed E-state index contributed by atoms with van der Waals surface area (Å²) in [5, 5.41) is 0. The van der Waals surface area contributed by atoms with E-state index in [-0.39, 0.29) is 25.3 Å². The van der Waals surface area contributed by atoms with Crippen LogP contribution in [0.1, 0.15) is 27.2 Å². The molecule has 1 atom stereocenters. The monoisotopic (exact) mass is 204 g/mol. The SMILES string of the molecule is CCOC(=O)OC(C)CCOC(C)=O. The minimum Gasteiger partial charge on any atom is -0.466 e. The Morgan fingerprint density at radius 2 is 1.93 bits per heavy atom. The quantitative estimate of drug-likeness (QED) is 0.635. The van der Waals surface area contributed by atoms with E-state index in [2.05, 4.69) is 9.47 Å². The fourth-order valence-electron chi connectivity index (χ4n) is 0.744. The Morgan fingerprint density at radius 1 is 1.29 bits per heavy atom. The van der Waals surface area contributed by atoms with Crippen molar-refractivity contribution in [2.75, 3.05) is 13.2 Å². The van der Waals surface area contributed by atoms with Crippen LogP contribution in [-0.2, 0) is 19.0 Å². The molecule has 0 aromatic carbocycles. The normalized spacial score (nSPS) is 11.6. The number of ether oxygens (including phenoxy) is 3. The van der Waals surface area contributed by atoms with E-state index in [1.165, 1.54) is 6.92 Å². The lowest BCUT2D eigenvalue weighted by Gasteiger charge is -2.12. The molecule has 0 aromatic heterocycles. The van der Waals surface area contributed by atoms with E-state index in [0.717, 1.165) is 0 Å². The Labute approximate surface area is 83.3 Å². The van der Waals surface area contributed by atoms with Crippen molar-refractivity contribution in [3.63, 3.8) is 0 Å². The van der Waals surface area contributed by atoms with E-state index in [1.807, 2.05) is 0 Å². The highest BCUT2D eigenvalue weighted by molar-refractivity contribution is 5.65. The van der Waals surface area contributed by atoms with Gasteiger partial charge in [0.05, 0.1) is 13.2 Å². The molecule has 0 radical (unpaired) electrons. The summed E-state index contributed by atoms with van der Waals surface area (Å²) in [6.07, 6.45) is -0.533. The molecule has 0 saturated heterocycles. The first-order valence-electron chi connectivity index (χ1n) is 4.53. The Morgan fingerprint density at radius 3 is 2.43 bits per heavy atom. The minimum atomic E-state index is -0.692. The predicted octanol–water partition coefficient (Wildman–Crippen LogP) is 1.50. The molecule has 0 rings (SSSR count). The summed E-state index contributed by atoms with van der Waals surface area (Å²) in [7, 11) is 0. The second-order valence-corrected chi connectivity index (χ2v) is 2.74. The zero-order valence-corrected chi connectivity index (χ0v) is 8.74. The Bertz CT molecular complexity index is 190. The molecule has 5 heteroatoms. The van der Waals surface area contributed by atoms with Gasteiger partial charge in [-0.1, -0.05) is 0 Å². The second kappa shape index (κ2) is 7.17. The van der Waals surface area contributed by atoms with Crippen LogP contribution in [0.3, 0.4) is 0 Å². The molecule has 0 amide bonds. The van der Waals surface area contributed by atoms with Gasteiger partial charge in [0.25, 0.3) is 0 Å². The van der Waals surface area contributed by atoms with Gasteiger partial charge in [-0.05, 0) is 13.8 Å². The number of carbonyl (C=O) groups is 2. The molecule has 5 nitrogen and oxygen atoms in total. The Kier molecular flexibility index (Phi) is 6.53. The van der Waals surface area contributed by atoms with Crippen LogP contribution >= 0.6 is 0 Å². The zero-order chi connectivity index (χ0) is 11.0. The molecule has 0 aliphatic rings. The highest BCUT2D eigenvalue weighted by Gasteiger charge is 2.09. The summed E-state index contributed by atoms with van der Waals surface area (Å²) < 4.78 is 14.1. The second-order valence-electron chi connectivity index (χ2n) is 2.74. The molecule has 0 bridgehead atoms. The van der Waals surface area contributed by atoms with Gasteiger partial charge in [0.1, 0.15) is 6.10 Å². The van der Waals surface area contributed by atoms with Crippen LogP contribution in [0.5, 0.6) is 0 Å². The van der Waals surface area contributed by atoms with Gasteiger partial charge in [0.15, 0.2) is 0 Å². The Hall–Kier alpha value is -1.26. The lowest BCUT2D eigenvalue weighted by molar-refractivity contribution is -0.141. The molecule has 0 aliphatic carbocycles. The molecule has 0 spiro atoms. The van der Waals surface area contributed by atoms with Crippen molar-refractivity contribution in [2.24, 2.45) is 0 Å². The number of hydrogen-bond acceptors (Lipinski definition) is 5. The van der Waals surface area contributed by atoms with Crippen LogP contribution in [-0.4, -0.2) is 31.4 Å². The van der Waals surface area contributed by atoms with Gasteiger partial charge in [-0.15, -0.1) is 0 Å². The largest absolute Gasteiger partial charge is 0.508 e. The predicted molar refractivity (Wildman–Crippen MR) is 48.8 cm³/mol. The summed E-state index contributed by atoms with van der Waals surface area (Å²) in [6.45, 7) is 5.27. The number of esters is 1. The van der Waals surface area contributed by atoms with Crippen molar-refractivity contribution in [1.82, 2.24) is 0 Å². The molecule has 0 fully saturated rings. The minimum absolute atomic E-state index is 0.246. The smallest absolute Gasteiger partial charge is 0.466 e. The van der Waals surface area contributed by atoms with Crippen molar-refractivity contribution in [3.8, 4) is 0 Å². The van der Waals surface area contributed by atoms with E-state index in [4.69, 9.17) is 4.74 Å². The Balaban J connectivity index is 3.49. The van der Waals surface area contributed by atoms with Crippen molar-refractivity contribution in [1.29, 1.82) is 0 Å². The standard InChI is InChI=1S/C9H16O5/c1-4-12-9(11)14-7(2)5-6-13-8(3)10/h7H,4-6H2,1-3H3. The zero-order valence-electron chi connectivity index (χ0n) is 8.74. The maximum absolute atomic E-state index is 10.8. The molecular formula is C9H16O5. The van der Waals surface area contributed by atoms with Gasteiger partial charge >= 0.3 is 12.1 Å². The lowest BCUT2D eigenvalue weighted by atomic mass is 10.3. The van der Waals surface area contributed by atoms with Gasteiger partial charge in [-0.2, -0.15) is 0 Å². The van der Waals surface area contributed by atoms with Gasteiger partial charge in [0.2, 0.25) is 0 Å². The maximum Gasteiger partial charge on any atom is 0.508 e. The average Bonchev–Trinajstić information content (AvgIpc) is 2.03. The first-order chi connectivity index (χ1) is 6.56. The number of rotatable bonds is 5. The molecule has 0 N–H and O–H groups in total. The van der Waals surface area contributed by atoms with E-state index < -0.39 is 6.16 Å². The lowest BCUT2D eigenvalue weighted by Crippen LogP contribution is -2.18. The van der Waals surface area contributed by atoms with Gasteiger partial charge in [-0.3, -0.25) is 4.79 Å². The van der Waals surface area contributed by atoms with Gasteiger partial charge in [-0.25, -0.2) is 4.79 Å². The van der Waals surface area contributed by atoms with E-state index in [0.29, 0.717) is 6.42 Å². The molecule has 82 valence electrons. The van der Waals surface area contributed by atoms with Crippen LogP contribution in [0, 0.1) is 0 Å². The first-order valence-corrected chi connectivity index (χ1v) is 4.53. The average molecular weight is 204 g/mol. The summed E-state index contributed by atoms with van der Waals surface area (Å²) in [6, 6.07) is 0. The van der Waals surface area contributed by atoms with Gasteiger partial charge in [0, 0.05) is 13.3 Å². The van der Waals surface area contributed by atoms with E-state index >= 15 is 0 Å². The highest BCUT2D eigenvalue weighted by atomic mass is 16.7. The van der Waals surface area contributed by atoms with Gasteiger partial charge < -0.3 is 14.2 Å².